The summed E-state index contributed by atoms with van der Waals surface area (Å²) >= 11 is 0. The van der Waals surface area contributed by atoms with E-state index in [1.165, 1.54) is 6.08 Å². The summed E-state index contributed by atoms with van der Waals surface area (Å²) in [6.07, 6.45) is 1.31. The van der Waals surface area contributed by atoms with Crippen LogP contribution >= 0.6 is 0 Å². The van der Waals surface area contributed by atoms with Gasteiger partial charge in [-0.1, -0.05) is 30.0 Å². The molecule has 3 heteroatoms. The number of carbonyl (C=O) groups is 1. The topological polar surface area (TPSA) is 35.5 Å². The molecule has 94 valence electrons. The minimum absolute atomic E-state index is 0.247. The normalized spacial score (nSPS) is 10.2. The third-order valence-electron chi connectivity index (χ3n) is 1.99. The molecule has 0 atom stereocenters. The van der Waals surface area contributed by atoms with Crippen molar-refractivity contribution in [1.82, 2.24) is 0 Å². The number of ether oxygens (including phenoxy) is 2. The van der Waals surface area contributed by atoms with Gasteiger partial charge in [-0.2, -0.15) is 0 Å². The zero-order valence-electron chi connectivity index (χ0n) is 10.6. The number of rotatable bonds is 4. The Kier molecular flexibility index (Phi) is 6.13. The number of carbonyl (C=O) groups excluding carboxylic acids is 1. The molecule has 0 aromatic heterocycles. The third kappa shape index (κ3) is 5.76. The second-order valence-corrected chi connectivity index (χ2v) is 3.46. The monoisotopic (exact) mass is 244 g/mol. The van der Waals surface area contributed by atoms with Crippen LogP contribution < -0.4 is 0 Å². The molecule has 1 aromatic rings. The average Bonchev–Trinajstić information content (AvgIpc) is 2.36. The standard InChI is InChI=1S/C15H16O3/c1-3-17-15(16)12-13(2)18-11-7-10-14-8-5-4-6-9-14/h4-6,8-9,12H,3,11H2,1-2H3/b13-12+. The Hall–Kier alpha value is -2.21. The Balaban J connectivity index is 2.38. The molecule has 0 fully saturated rings. The summed E-state index contributed by atoms with van der Waals surface area (Å²) in [6, 6.07) is 9.64. The van der Waals surface area contributed by atoms with Crippen LogP contribution in [0.4, 0.5) is 0 Å². The first-order valence-corrected chi connectivity index (χ1v) is 5.74. The smallest absolute Gasteiger partial charge is 0.334 e. The van der Waals surface area contributed by atoms with Crippen molar-refractivity contribution in [3.05, 3.63) is 47.7 Å². The van der Waals surface area contributed by atoms with E-state index < -0.39 is 5.97 Å². The van der Waals surface area contributed by atoms with Gasteiger partial charge in [-0.05, 0) is 26.0 Å². The number of allylic oxidation sites excluding steroid dienone is 1. The van der Waals surface area contributed by atoms with Gasteiger partial charge in [0.1, 0.15) is 12.4 Å². The highest BCUT2D eigenvalue weighted by atomic mass is 16.5. The highest BCUT2D eigenvalue weighted by molar-refractivity contribution is 5.82. The quantitative estimate of drug-likeness (QED) is 0.353. The lowest BCUT2D eigenvalue weighted by atomic mass is 10.2. The van der Waals surface area contributed by atoms with E-state index in [9.17, 15) is 4.79 Å². The van der Waals surface area contributed by atoms with Gasteiger partial charge < -0.3 is 9.47 Å². The first-order chi connectivity index (χ1) is 8.72. The summed E-state index contributed by atoms with van der Waals surface area (Å²) in [6.45, 7) is 4.06. The van der Waals surface area contributed by atoms with Crippen LogP contribution in [0.25, 0.3) is 0 Å². The van der Waals surface area contributed by atoms with Crippen molar-refractivity contribution in [2.75, 3.05) is 13.2 Å². The fraction of sp³-hybridized carbons (Fsp3) is 0.267. The van der Waals surface area contributed by atoms with Gasteiger partial charge >= 0.3 is 5.97 Å². The zero-order chi connectivity index (χ0) is 13.2. The van der Waals surface area contributed by atoms with E-state index in [1.807, 2.05) is 30.3 Å². The first kappa shape index (κ1) is 13.9. The Bertz CT molecular complexity index is 464. The van der Waals surface area contributed by atoms with Crippen molar-refractivity contribution >= 4 is 5.97 Å². The van der Waals surface area contributed by atoms with Crippen molar-refractivity contribution in [3.8, 4) is 11.8 Å². The Morgan fingerprint density at radius 2 is 2.00 bits per heavy atom. The van der Waals surface area contributed by atoms with Gasteiger partial charge in [-0.3, -0.25) is 0 Å². The maximum Gasteiger partial charge on any atom is 0.334 e. The molecule has 0 unspecified atom stereocenters. The molecular formula is C15H16O3. The zero-order valence-corrected chi connectivity index (χ0v) is 10.6. The number of hydrogen-bond acceptors (Lipinski definition) is 3. The van der Waals surface area contributed by atoms with Crippen molar-refractivity contribution < 1.29 is 14.3 Å². The SMILES string of the molecule is CCOC(=O)/C=C(\C)OCC#Cc1ccccc1. The summed E-state index contributed by atoms with van der Waals surface area (Å²) in [7, 11) is 0. The van der Waals surface area contributed by atoms with Gasteiger partial charge in [-0.25, -0.2) is 4.79 Å². The third-order valence-corrected chi connectivity index (χ3v) is 1.99. The highest BCUT2D eigenvalue weighted by Crippen LogP contribution is 1.97. The fourth-order valence-electron chi connectivity index (χ4n) is 1.20. The molecule has 0 aliphatic rings. The molecular weight excluding hydrogens is 228 g/mol. The van der Waals surface area contributed by atoms with Crippen LogP contribution in [-0.2, 0) is 14.3 Å². The van der Waals surface area contributed by atoms with Gasteiger partial charge in [0.25, 0.3) is 0 Å². The molecule has 0 radical (unpaired) electrons. The Morgan fingerprint density at radius 1 is 1.28 bits per heavy atom. The van der Waals surface area contributed by atoms with Gasteiger partial charge in [-0.15, -0.1) is 0 Å². The van der Waals surface area contributed by atoms with Crippen LogP contribution in [-0.4, -0.2) is 19.2 Å². The molecule has 3 nitrogen and oxygen atoms in total. The molecule has 1 rings (SSSR count). The Labute approximate surface area is 107 Å². The number of hydrogen-bond donors (Lipinski definition) is 0. The average molecular weight is 244 g/mol. The summed E-state index contributed by atoms with van der Waals surface area (Å²) in [4.78, 5) is 11.1. The molecule has 0 saturated heterocycles. The van der Waals surface area contributed by atoms with E-state index in [1.54, 1.807) is 13.8 Å². The lowest BCUT2D eigenvalue weighted by Crippen LogP contribution is -2.01. The van der Waals surface area contributed by atoms with Gasteiger partial charge in [0.15, 0.2) is 0 Å². The van der Waals surface area contributed by atoms with Crippen LogP contribution in [0, 0.1) is 11.8 Å². The molecule has 0 aliphatic heterocycles. The summed E-state index contributed by atoms with van der Waals surface area (Å²) in [5.41, 5.74) is 0.938. The predicted octanol–water partition coefficient (Wildman–Crippen LogP) is 2.52. The molecule has 0 saturated carbocycles. The molecule has 0 amide bonds. The van der Waals surface area contributed by atoms with Crippen LogP contribution in [0.15, 0.2) is 42.2 Å². The minimum atomic E-state index is -0.397. The lowest BCUT2D eigenvalue weighted by molar-refractivity contribution is -0.137. The summed E-state index contributed by atoms with van der Waals surface area (Å²) in [5.74, 6) is 5.93. The number of benzene rings is 1. The highest BCUT2D eigenvalue weighted by Gasteiger charge is 1.97. The molecule has 1 aromatic carbocycles. The molecule has 0 heterocycles. The van der Waals surface area contributed by atoms with Crippen molar-refractivity contribution in [3.63, 3.8) is 0 Å². The van der Waals surface area contributed by atoms with Crippen LogP contribution in [0.1, 0.15) is 19.4 Å². The second kappa shape index (κ2) is 7.97. The van der Waals surface area contributed by atoms with Crippen LogP contribution in [0.3, 0.4) is 0 Å². The summed E-state index contributed by atoms with van der Waals surface area (Å²) in [5, 5.41) is 0. The molecule has 0 N–H and O–H groups in total. The largest absolute Gasteiger partial charge is 0.485 e. The van der Waals surface area contributed by atoms with E-state index in [4.69, 9.17) is 9.47 Å². The van der Waals surface area contributed by atoms with Crippen molar-refractivity contribution in [1.29, 1.82) is 0 Å². The van der Waals surface area contributed by atoms with Crippen LogP contribution in [0.2, 0.25) is 0 Å². The summed E-state index contributed by atoms with van der Waals surface area (Å²) < 4.78 is 10.0. The second-order valence-electron chi connectivity index (χ2n) is 3.46. The van der Waals surface area contributed by atoms with E-state index in [2.05, 4.69) is 11.8 Å². The van der Waals surface area contributed by atoms with Gasteiger partial charge in [0, 0.05) is 5.56 Å². The Morgan fingerprint density at radius 3 is 2.67 bits per heavy atom. The first-order valence-electron chi connectivity index (χ1n) is 5.74. The molecule has 0 aliphatic carbocycles. The lowest BCUT2D eigenvalue weighted by Gasteiger charge is -2.01. The van der Waals surface area contributed by atoms with Crippen molar-refractivity contribution in [2.45, 2.75) is 13.8 Å². The van der Waals surface area contributed by atoms with E-state index in [0.29, 0.717) is 12.4 Å². The van der Waals surface area contributed by atoms with E-state index in [-0.39, 0.29) is 6.61 Å². The maximum absolute atomic E-state index is 11.1. The minimum Gasteiger partial charge on any atom is -0.485 e. The van der Waals surface area contributed by atoms with Crippen LogP contribution in [0.5, 0.6) is 0 Å². The van der Waals surface area contributed by atoms with Gasteiger partial charge in [0.05, 0.1) is 12.7 Å². The molecule has 0 bridgehead atoms. The maximum atomic E-state index is 11.1. The van der Waals surface area contributed by atoms with Gasteiger partial charge in [0.2, 0.25) is 0 Å². The van der Waals surface area contributed by atoms with E-state index >= 15 is 0 Å². The predicted molar refractivity (Wildman–Crippen MR) is 69.7 cm³/mol. The fourth-order valence-corrected chi connectivity index (χ4v) is 1.20. The molecule has 18 heavy (non-hydrogen) atoms. The van der Waals surface area contributed by atoms with Crippen molar-refractivity contribution in [2.24, 2.45) is 0 Å². The number of esters is 1. The van der Waals surface area contributed by atoms with E-state index in [0.717, 1.165) is 5.56 Å². The molecule has 0 spiro atoms.